The van der Waals surface area contributed by atoms with E-state index in [1.165, 1.54) is 6.07 Å². The van der Waals surface area contributed by atoms with Crippen molar-refractivity contribution in [2.75, 3.05) is 13.7 Å². The zero-order valence-corrected chi connectivity index (χ0v) is 20.0. The highest BCUT2D eigenvalue weighted by Crippen LogP contribution is 2.18. The second-order valence-electron chi connectivity index (χ2n) is 6.62. The average Bonchev–Trinajstić information content (AvgIpc) is 3.18. The summed E-state index contributed by atoms with van der Waals surface area (Å²) in [5, 5.41) is 6.46. The molecule has 0 bridgehead atoms. The third-order valence-electron chi connectivity index (χ3n) is 4.56. The van der Waals surface area contributed by atoms with Gasteiger partial charge in [0.05, 0.1) is 5.69 Å². The van der Waals surface area contributed by atoms with Crippen LogP contribution < -0.4 is 15.4 Å². The van der Waals surface area contributed by atoms with Crippen molar-refractivity contribution in [3.63, 3.8) is 0 Å². The first-order chi connectivity index (χ1) is 14.6. The van der Waals surface area contributed by atoms with Gasteiger partial charge in [-0.1, -0.05) is 36.9 Å². The molecule has 164 valence electrons. The molecule has 0 unspecified atom stereocenters. The number of aryl methyl sites for hydroxylation is 1. The van der Waals surface area contributed by atoms with E-state index in [1.54, 1.807) is 36.2 Å². The van der Waals surface area contributed by atoms with Crippen LogP contribution in [0.25, 0.3) is 5.69 Å². The normalized spacial score (nSPS) is 10.9. The van der Waals surface area contributed by atoms with Gasteiger partial charge in [0.25, 0.3) is 0 Å². The number of aliphatic imine (C=N–C) groups is 1. The van der Waals surface area contributed by atoms with Gasteiger partial charge in [-0.3, -0.25) is 4.99 Å². The summed E-state index contributed by atoms with van der Waals surface area (Å²) in [5.41, 5.74) is 2.30. The van der Waals surface area contributed by atoms with E-state index in [9.17, 15) is 4.39 Å². The lowest BCUT2D eigenvalue weighted by Crippen LogP contribution is -2.36. The second kappa shape index (κ2) is 12.1. The Labute approximate surface area is 199 Å². The van der Waals surface area contributed by atoms with Crippen LogP contribution in [0.1, 0.15) is 17.0 Å². The fourth-order valence-corrected chi connectivity index (χ4v) is 3.01. The van der Waals surface area contributed by atoms with Crippen molar-refractivity contribution in [2.24, 2.45) is 4.99 Å². The van der Waals surface area contributed by atoms with Crippen LogP contribution in [0.3, 0.4) is 0 Å². The number of aromatic nitrogens is 2. The minimum Gasteiger partial charge on any atom is -0.489 e. The number of halogens is 2. The number of guanidine groups is 1. The van der Waals surface area contributed by atoms with Gasteiger partial charge in [0, 0.05) is 38.1 Å². The maximum absolute atomic E-state index is 14.6. The molecule has 6 nitrogen and oxygen atoms in total. The van der Waals surface area contributed by atoms with Crippen molar-refractivity contribution in [1.82, 2.24) is 20.2 Å². The molecule has 0 aliphatic carbocycles. The van der Waals surface area contributed by atoms with E-state index in [0.29, 0.717) is 31.3 Å². The Kier molecular flexibility index (Phi) is 9.51. The number of nitrogens with one attached hydrogen (secondary N) is 2. The minimum atomic E-state index is -0.299. The lowest BCUT2D eigenvalue weighted by atomic mass is 10.2. The zero-order chi connectivity index (χ0) is 21.3. The van der Waals surface area contributed by atoms with Crippen molar-refractivity contribution in [3.8, 4) is 11.4 Å². The number of ether oxygens (including phenoxy) is 1. The molecule has 0 spiro atoms. The van der Waals surface area contributed by atoms with Crippen LogP contribution in [0.15, 0.2) is 72.5 Å². The van der Waals surface area contributed by atoms with Crippen LogP contribution in [0.4, 0.5) is 4.39 Å². The summed E-state index contributed by atoms with van der Waals surface area (Å²) in [5.74, 6) is 1.85. The van der Waals surface area contributed by atoms with Gasteiger partial charge >= 0.3 is 0 Å². The van der Waals surface area contributed by atoms with E-state index in [4.69, 9.17) is 4.74 Å². The predicted molar refractivity (Wildman–Crippen MR) is 133 cm³/mol. The molecule has 0 atom stereocenters. The van der Waals surface area contributed by atoms with E-state index in [0.717, 1.165) is 22.7 Å². The highest BCUT2D eigenvalue weighted by Gasteiger charge is 2.09. The van der Waals surface area contributed by atoms with Gasteiger partial charge in [-0.05, 0) is 30.7 Å². The molecule has 31 heavy (non-hydrogen) atoms. The highest BCUT2D eigenvalue weighted by molar-refractivity contribution is 14.0. The number of para-hydroxylation sites is 1. The summed E-state index contributed by atoms with van der Waals surface area (Å²) in [6.45, 7) is 6.94. The van der Waals surface area contributed by atoms with E-state index in [2.05, 4.69) is 27.2 Å². The molecule has 1 aromatic heterocycles. The molecular formula is C23H27FIN5O. The molecule has 0 fully saturated rings. The van der Waals surface area contributed by atoms with Crippen LogP contribution >= 0.6 is 24.0 Å². The average molecular weight is 535 g/mol. The third kappa shape index (κ3) is 6.55. The smallest absolute Gasteiger partial charge is 0.191 e. The molecule has 8 heteroatoms. The Morgan fingerprint density at radius 1 is 1.23 bits per heavy atom. The highest BCUT2D eigenvalue weighted by atomic mass is 127. The largest absolute Gasteiger partial charge is 0.489 e. The quantitative estimate of drug-likeness (QED) is 0.195. The van der Waals surface area contributed by atoms with Gasteiger partial charge in [0.2, 0.25) is 0 Å². The van der Waals surface area contributed by atoms with Crippen molar-refractivity contribution >= 4 is 29.9 Å². The van der Waals surface area contributed by atoms with Crippen LogP contribution in [0.5, 0.6) is 5.75 Å². The van der Waals surface area contributed by atoms with Crippen molar-refractivity contribution in [3.05, 3.63) is 90.3 Å². The zero-order valence-electron chi connectivity index (χ0n) is 17.6. The Bertz CT molecular complexity index is 1030. The first-order valence-electron chi connectivity index (χ1n) is 9.67. The predicted octanol–water partition coefficient (Wildman–Crippen LogP) is 4.37. The fourth-order valence-electron chi connectivity index (χ4n) is 3.01. The molecule has 3 rings (SSSR count). The van der Waals surface area contributed by atoms with E-state index in [1.807, 2.05) is 37.3 Å². The van der Waals surface area contributed by atoms with E-state index >= 15 is 0 Å². The summed E-state index contributed by atoms with van der Waals surface area (Å²) in [6, 6.07) is 13.0. The van der Waals surface area contributed by atoms with E-state index in [-0.39, 0.29) is 29.8 Å². The summed E-state index contributed by atoms with van der Waals surface area (Å²) in [4.78, 5) is 8.37. The van der Waals surface area contributed by atoms with Crippen molar-refractivity contribution in [2.45, 2.75) is 20.0 Å². The second-order valence-corrected chi connectivity index (χ2v) is 6.62. The molecule has 2 N–H and O–H groups in total. The Morgan fingerprint density at radius 2 is 2.00 bits per heavy atom. The van der Waals surface area contributed by atoms with Crippen LogP contribution in [-0.2, 0) is 13.1 Å². The SMILES string of the molecule is C=CCOc1ccccc1CNC(=NC)NCc1ccc(-n2ccnc2C)c(F)c1.I. The monoisotopic (exact) mass is 535 g/mol. The summed E-state index contributed by atoms with van der Waals surface area (Å²) in [7, 11) is 1.70. The van der Waals surface area contributed by atoms with Gasteiger partial charge in [-0.15, -0.1) is 24.0 Å². The van der Waals surface area contributed by atoms with Gasteiger partial charge in [-0.25, -0.2) is 9.37 Å². The molecule has 0 saturated heterocycles. The lowest BCUT2D eigenvalue weighted by molar-refractivity contribution is 0.358. The number of imidazole rings is 1. The number of hydrogen-bond donors (Lipinski definition) is 2. The maximum atomic E-state index is 14.6. The summed E-state index contributed by atoms with van der Waals surface area (Å²) in [6.07, 6.45) is 5.11. The Hall–Kier alpha value is -2.88. The molecule has 0 radical (unpaired) electrons. The molecule has 3 aromatic rings. The number of nitrogens with zero attached hydrogens (tertiary/aromatic N) is 3. The summed E-state index contributed by atoms with van der Waals surface area (Å²) < 4.78 is 22.0. The van der Waals surface area contributed by atoms with Gasteiger partial charge in [-0.2, -0.15) is 0 Å². The fraction of sp³-hybridized carbons (Fsp3) is 0.217. The lowest BCUT2D eigenvalue weighted by Gasteiger charge is -2.15. The van der Waals surface area contributed by atoms with E-state index < -0.39 is 0 Å². The molecular weight excluding hydrogens is 508 g/mol. The Balaban J connectivity index is 0.00000341. The van der Waals surface area contributed by atoms with Gasteiger partial charge in [0.15, 0.2) is 5.96 Å². The van der Waals surface area contributed by atoms with Gasteiger partial charge < -0.3 is 19.9 Å². The number of rotatable bonds is 8. The number of benzene rings is 2. The topological polar surface area (TPSA) is 63.5 Å². The molecule has 1 heterocycles. The molecule has 0 saturated carbocycles. The standard InChI is InChI=1S/C23H26FN5O.HI/c1-4-13-30-22-8-6-5-7-19(22)16-28-23(25-3)27-15-18-9-10-21(20(24)14-18)29-12-11-26-17(29)2;/h4-12,14H,1,13,15-16H2,2-3H3,(H2,25,27,28);1H. The maximum Gasteiger partial charge on any atom is 0.191 e. The number of hydrogen-bond acceptors (Lipinski definition) is 3. The molecule has 0 aliphatic heterocycles. The van der Waals surface area contributed by atoms with Gasteiger partial charge in [0.1, 0.15) is 24.0 Å². The molecule has 0 aliphatic rings. The minimum absolute atomic E-state index is 0. The molecule has 0 amide bonds. The van der Waals surface area contributed by atoms with Crippen molar-refractivity contribution < 1.29 is 9.13 Å². The Morgan fingerprint density at radius 3 is 2.68 bits per heavy atom. The third-order valence-corrected chi connectivity index (χ3v) is 4.56. The first-order valence-corrected chi connectivity index (χ1v) is 9.67. The molecule has 2 aromatic carbocycles. The van der Waals surface area contributed by atoms with Crippen molar-refractivity contribution in [1.29, 1.82) is 0 Å². The first kappa shape index (κ1) is 24.4. The van der Waals surface area contributed by atoms with Crippen LogP contribution in [-0.4, -0.2) is 29.2 Å². The van der Waals surface area contributed by atoms with Crippen LogP contribution in [0.2, 0.25) is 0 Å². The summed E-state index contributed by atoms with van der Waals surface area (Å²) >= 11 is 0. The van der Waals surface area contributed by atoms with Crippen LogP contribution in [0, 0.1) is 12.7 Å².